The summed E-state index contributed by atoms with van der Waals surface area (Å²) in [6.07, 6.45) is 0. The molecule has 0 saturated carbocycles. The lowest BCUT2D eigenvalue weighted by Gasteiger charge is -2.11. The van der Waals surface area contributed by atoms with Crippen molar-refractivity contribution in [2.24, 2.45) is 0 Å². The molecule has 0 fully saturated rings. The van der Waals surface area contributed by atoms with Crippen molar-refractivity contribution >= 4 is 34.3 Å². The molecule has 0 unspecified atom stereocenters. The highest BCUT2D eigenvalue weighted by atomic mass is 32.2. The largest absolute Gasteiger partial charge is 0.325 e. The fraction of sp³-hybridized carbons (Fsp3) is 0.118. The molecule has 2 aromatic carbocycles. The van der Waals surface area contributed by atoms with E-state index in [4.69, 9.17) is 0 Å². The summed E-state index contributed by atoms with van der Waals surface area (Å²) in [5.74, 6) is -0.142. The fourth-order valence-corrected chi connectivity index (χ4v) is 2.91. The van der Waals surface area contributed by atoms with Gasteiger partial charge in [0.2, 0.25) is 5.91 Å². The number of para-hydroxylation sites is 2. The number of amides is 1. The first-order valence-electron chi connectivity index (χ1n) is 7.15. The Morgan fingerprint density at radius 1 is 1.13 bits per heavy atom. The number of nitrogens with one attached hydrogen (secondary N) is 2. The first kappa shape index (κ1) is 15.3. The number of benzene rings is 2. The number of anilines is 1. The number of rotatable bonds is 4. The van der Waals surface area contributed by atoms with Gasteiger partial charge >= 0.3 is 0 Å². The lowest BCUT2D eigenvalue weighted by atomic mass is 10.2. The SMILES string of the molecule is C[C@@H](Sc1nc2ccccc2c(=O)[nH]1)C(=O)Nc1ccccc1. The molecular weight excluding hydrogens is 310 g/mol. The van der Waals surface area contributed by atoms with Crippen LogP contribution in [0.1, 0.15) is 6.92 Å². The quantitative estimate of drug-likeness (QED) is 0.571. The molecule has 1 amide bonds. The molecule has 3 rings (SSSR count). The van der Waals surface area contributed by atoms with Crippen LogP contribution in [0.4, 0.5) is 5.69 Å². The van der Waals surface area contributed by atoms with Gasteiger partial charge < -0.3 is 10.3 Å². The van der Waals surface area contributed by atoms with Crippen LogP contribution < -0.4 is 10.9 Å². The van der Waals surface area contributed by atoms with Gasteiger partial charge in [-0.05, 0) is 31.2 Å². The molecule has 0 saturated heterocycles. The van der Waals surface area contributed by atoms with Gasteiger partial charge in [0.1, 0.15) is 0 Å². The predicted octanol–water partition coefficient (Wildman–Crippen LogP) is 3.04. The standard InChI is InChI=1S/C17H15N3O2S/c1-11(15(21)18-12-7-3-2-4-8-12)23-17-19-14-10-6-5-9-13(14)16(22)20-17/h2-11H,1H3,(H,18,21)(H,19,20,22)/t11-/m1/s1. The monoisotopic (exact) mass is 325 g/mol. The zero-order chi connectivity index (χ0) is 16.2. The van der Waals surface area contributed by atoms with Crippen LogP contribution >= 0.6 is 11.8 Å². The topological polar surface area (TPSA) is 74.8 Å². The number of aromatic amines is 1. The van der Waals surface area contributed by atoms with Crippen LogP contribution in [0.3, 0.4) is 0 Å². The van der Waals surface area contributed by atoms with Gasteiger partial charge in [0.15, 0.2) is 5.16 Å². The highest BCUT2D eigenvalue weighted by molar-refractivity contribution is 8.00. The van der Waals surface area contributed by atoms with Crippen LogP contribution in [-0.2, 0) is 4.79 Å². The molecular formula is C17H15N3O2S. The smallest absolute Gasteiger partial charge is 0.259 e. The summed E-state index contributed by atoms with van der Waals surface area (Å²) in [5, 5.41) is 3.42. The molecule has 1 aromatic heterocycles. The predicted molar refractivity (Wildman–Crippen MR) is 92.8 cm³/mol. The van der Waals surface area contributed by atoms with Gasteiger partial charge in [-0.1, -0.05) is 42.1 Å². The first-order chi connectivity index (χ1) is 11.1. The fourth-order valence-electron chi connectivity index (χ4n) is 2.11. The zero-order valence-corrected chi connectivity index (χ0v) is 13.3. The van der Waals surface area contributed by atoms with Crippen molar-refractivity contribution < 1.29 is 4.79 Å². The number of H-pyrrole nitrogens is 1. The van der Waals surface area contributed by atoms with E-state index in [1.165, 1.54) is 11.8 Å². The third kappa shape index (κ3) is 3.60. The summed E-state index contributed by atoms with van der Waals surface area (Å²) in [6.45, 7) is 1.78. The van der Waals surface area contributed by atoms with Gasteiger partial charge in [-0.15, -0.1) is 0 Å². The van der Waals surface area contributed by atoms with Crippen molar-refractivity contribution in [3.63, 3.8) is 0 Å². The Bertz CT molecular complexity index is 893. The number of carbonyl (C=O) groups is 1. The highest BCUT2D eigenvalue weighted by Gasteiger charge is 2.16. The lowest BCUT2D eigenvalue weighted by molar-refractivity contribution is -0.115. The van der Waals surface area contributed by atoms with Crippen molar-refractivity contribution in [1.82, 2.24) is 9.97 Å². The Balaban J connectivity index is 1.76. The Morgan fingerprint density at radius 2 is 1.83 bits per heavy atom. The van der Waals surface area contributed by atoms with Crippen LogP contribution in [0.5, 0.6) is 0 Å². The summed E-state index contributed by atoms with van der Waals surface area (Å²) in [7, 11) is 0. The van der Waals surface area contributed by atoms with E-state index in [1.54, 1.807) is 25.1 Å². The van der Waals surface area contributed by atoms with Crippen molar-refractivity contribution in [2.45, 2.75) is 17.3 Å². The van der Waals surface area contributed by atoms with E-state index in [0.29, 0.717) is 16.1 Å². The maximum Gasteiger partial charge on any atom is 0.259 e. The molecule has 0 radical (unpaired) electrons. The highest BCUT2D eigenvalue weighted by Crippen LogP contribution is 2.21. The molecule has 6 heteroatoms. The van der Waals surface area contributed by atoms with Crippen LogP contribution in [0.15, 0.2) is 64.5 Å². The van der Waals surface area contributed by atoms with Crippen LogP contribution in [0, 0.1) is 0 Å². The van der Waals surface area contributed by atoms with E-state index in [9.17, 15) is 9.59 Å². The van der Waals surface area contributed by atoms with E-state index in [0.717, 1.165) is 5.69 Å². The van der Waals surface area contributed by atoms with Gasteiger partial charge in [0.25, 0.3) is 5.56 Å². The Kier molecular flexibility index (Phi) is 4.43. The second kappa shape index (κ2) is 6.66. The molecule has 116 valence electrons. The molecule has 5 nitrogen and oxygen atoms in total. The second-order valence-electron chi connectivity index (χ2n) is 5.00. The van der Waals surface area contributed by atoms with Crippen molar-refractivity contribution in [3.05, 3.63) is 65.0 Å². The summed E-state index contributed by atoms with van der Waals surface area (Å²) in [4.78, 5) is 31.4. The minimum absolute atomic E-state index is 0.142. The van der Waals surface area contributed by atoms with Gasteiger partial charge in [-0.25, -0.2) is 4.98 Å². The first-order valence-corrected chi connectivity index (χ1v) is 8.03. The van der Waals surface area contributed by atoms with E-state index < -0.39 is 0 Å². The second-order valence-corrected chi connectivity index (χ2v) is 6.33. The summed E-state index contributed by atoms with van der Waals surface area (Å²) >= 11 is 1.22. The normalized spacial score (nSPS) is 12.0. The van der Waals surface area contributed by atoms with Gasteiger partial charge in [0, 0.05) is 5.69 Å². The number of thioether (sulfide) groups is 1. The van der Waals surface area contributed by atoms with Crippen LogP contribution in [-0.4, -0.2) is 21.1 Å². The Morgan fingerprint density at radius 3 is 2.61 bits per heavy atom. The third-order valence-electron chi connectivity index (χ3n) is 3.29. The molecule has 0 aliphatic carbocycles. The number of hydrogen-bond donors (Lipinski definition) is 2. The summed E-state index contributed by atoms with van der Waals surface area (Å²) < 4.78 is 0. The summed E-state index contributed by atoms with van der Waals surface area (Å²) in [6, 6.07) is 16.4. The third-order valence-corrected chi connectivity index (χ3v) is 4.27. The minimum Gasteiger partial charge on any atom is -0.325 e. The molecule has 1 atom stereocenters. The molecule has 0 aliphatic heterocycles. The molecule has 0 aliphatic rings. The van der Waals surface area contributed by atoms with Crippen molar-refractivity contribution in [1.29, 1.82) is 0 Å². The van der Waals surface area contributed by atoms with Crippen molar-refractivity contribution in [3.8, 4) is 0 Å². The number of carbonyl (C=O) groups excluding carboxylic acids is 1. The van der Waals surface area contributed by atoms with E-state index in [-0.39, 0.29) is 16.7 Å². The molecule has 3 aromatic rings. The average Bonchev–Trinajstić information content (AvgIpc) is 2.56. The van der Waals surface area contributed by atoms with Crippen LogP contribution in [0.25, 0.3) is 10.9 Å². The van der Waals surface area contributed by atoms with E-state index in [2.05, 4.69) is 15.3 Å². The van der Waals surface area contributed by atoms with E-state index >= 15 is 0 Å². The van der Waals surface area contributed by atoms with Gasteiger partial charge in [-0.2, -0.15) is 0 Å². The number of aromatic nitrogens is 2. The maximum absolute atomic E-state index is 12.2. The van der Waals surface area contributed by atoms with Gasteiger partial charge in [0.05, 0.1) is 16.2 Å². The minimum atomic E-state index is -0.389. The Hall–Kier alpha value is -2.60. The zero-order valence-electron chi connectivity index (χ0n) is 12.4. The molecule has 0 spiro atoms. The van der Waals surface area contributed by atoms with Crippen molar-refractivity contribution in [2.75, 3.05) is 5.32 Å². The average molecular weight is 325 g/mol. The Labute approximate surface area is 137 Å². The lowest BCUT2D eigenvalue weighted by Crippen LogP contribution is -2.23. The molecule has 0 bridgehead atoms. The van der Waals surface area contributed by atoms with E-state index in [1.807, 2.05) is 36.4 Å². The van der Waals surface area contributed by atoms with Gasteiger partial charge in [-0.3, -0.25) is 9.59 Å². The molecule has 1 heterocycles. The number of hydrogen-bond acceptors (Lipinski definition) is 4. The number of nitrogens with zero attached hydrogens (tertiary/aromatic N) is 1. The number of fused-ring (bicyclic) bond motifs is 1. The summed E-state index contributed by atoms with van der Waals surface area (Å²) in [5.41, 5.74) is 1.16. The molecule has 23 heavy (non-hydrogen) atoms. The maximum atomic E-state index is 12.2. The van der Waals surface area contributed by atoms with Crippen LogP contribution in [0.2, 0.25) is 0 Å². The molecule has 2 N–H and O–H groups in total.